The van der Waals surface area contributed by atoms with Gasteiger partial charge in [-0.3, -0.25) is 4.79 Å². The molecule has 4 heteroatoms. The number of aliphatic hydroxyl groups excluding tert-OH is 2. The van der Waals surface area contributed by atoms with E-state index in [1.165, 1.54) is 0 Å². The zero-order valence-electron chi connectivity index (χ0n) is 12.6. The van der Waals surface area contributed by atoms with Gasteiger partial charge in [-0.25, -0.2) is 0 Å². The molecule has 0 saturated carbocycles. The number of rotatable bonds is 3. The molecule has 0 aromatic heterocycles. The Morgan fingerprint density at radius 3 is 2.95 bits per heavy atom. The number of Topliss-reactive ketones (excluding diaryl/α,β-unsaturated/α-hetero) is 1. The Morgan fingerprint density at radius 2 is 2.18 bits per heavy atom. The normalized spacial score (nSPS) is 20.5. The molecular weight excluding hydrogens is 280 g/mol. The maximum Gasteiger partial charge on any atom is 0.162 e. The lowest BCUT2D eigenvalue weighted by Crippen LogP contribution is -2.15. The first-order valence-electron chi connectivity index (χ1n) is 7.73. The Bertz CT molecular complexity index is 670. The molecule has 1 aromatic rings. The van der Waals surface area contributed by atoms with E-state index in [-0.39, 0.29) is 18.0 Å². The minimum Gasteiger partial charge on any atom is -0.512 e. The highest BCUT2D eigenvalue weighted by Gasteiger charge is 2.26. The molecule has 0 spiro atoms. The summed E-state index contributed by atoms with van der Waals surface area (Å²) in [7, 11) is 0. The average Bonchev–Trinajstić information content (AvgIpc) is 2.65. The van der Waals surface area contributed by atoms with E-state index >= 15 is 0 Å². The van der Waals surface area contributed by atoms with Crippen LogP contribution >= 0.6 is 0 Å². The van der Waals surface area contributed by atoms with Gasteiger partial charge in [0.05, 0.1) is 6.10 Å². The van der Waals surface area contributed by atoms with Crippen molar-refractivity contribution >= 4 is 5.78 Å². The van der Waals surface area contributed by atoms with E-state index in [1.54, 1.807) is 18.2 Å². The summed E-state index contributed by atoms with van der Waals surface area (Å²) in [6, 6.07) is 5.48. The van der Waals surface area contributed by atoms with E-state index in [9.17, 15) is 15.0 Å². The summed E-state index contributed by atoms with van der Waals surface area (Å²) in [6.07, 6.45) is 3.88. The Labute approximate surface area is 129 Å². The summed E-state index contributed by atoms with van der Waals surface area (Å²) in [5.41, 5.74) is 2.43. The Balaban J connectivity index is 1.94. The van der Waals surface area contributed by atoms with Crippen molar-refractivity contribution in [2.24, 2.45) is 0 Å². The van der Waals surface area contributed by atoms with Gasteiger partial charge >= 0.3 is 0 Å². The molecule has 22 heavy (non-hydrogen) atoms. The smallest absolute Gasteiger partial charge is 0.162 e. The van der Waals surface area contributed by atoms with Crippen LogP contribution in [0.4, 0.5) is 0 Å². The molecule has 1 heterocycles. The lowest BCUT2D eigenvalue weighted by atomic mass is 9.95. The minimum absolute atomic E-state index is 0.142. The summed E-state index contributed by atoms with van der Waals surface area (Å²) < 4.78 is 5.87. The zero-order chi connectivity index (χ0) is 15.7. The van der Waals surface area contributed by atoms with E-state index in [1.807, 2.05) is 13.0 Å². The Kier molecular flexibility index (Phi) is 4.03. The van der Waals surface area contributed by atoms with E-state index in [0.29, 0.717) is 36.3 Å². The number of aryl methyl sites for hydroxylation is 1. The zero-order valence-corrected chi connectivity index (χ0v) is 12.6. The number of hydrogen-bond donors (Lipinski definition) is 2. The van der Waals surface area contributed by atoms with Crippen LogP contribution in [0.1, 0.15) is 48.5 Å². The molecule has 0 fully saturated rings. The molecule has 3 rings (SSSR count). The third kappa shape index (κ3) is 2.79. The first kappa shape index (κ1) is 14.9. The molecule has 2 N–H and O–H groups in total. The van der Waals surface area contributed by atoms with Gasteiger partial charge in [-0.15, -0.1) is 0 Å². The molecule has 4 nitrogen and oxygen atoms in total. The van der Waals surface area contributed by atoms with Crippen LogP contribution in [0.15, 0.2) is 41.4 Å². The highest BCUT2D eigenvalue weighted by atomic mass is 16.5. The second kappa shape index (κ2) is 5.97. The number of ketones is 1. The highest BCUT2D eigenvalue weighted by molar-refractivity contribution is 5.96. The average molecular weight is 300 g/mol. The van der Waals surface area contributed by atoms with Gasteiger partial charge in [0, 0.05) is 24.0 Å². The molecule has 1 atom stereocenters. The van der Waals surface area contributed by atoms with Gasteiger partial charge < -0.3 is 14.9 Å². The van der Waals surface area contributed by atoms with E-state index < -0.39 is 6.10 Å². The van der Waals surface area contributed by atoms with Gasteiger partial charge in [-0.1, -0.05) is 6.92 Å². The predicted octanol–water partition coefficient (Wildman–Crippen LogP) is 3.46. The SMILES string of the molecule is CCCC(=O)c1ccc2c(c1)CCC1=C(O)CC(O)C=C1O2. The van der Waals surface area contributed by atoms with Gasteiger partial charge in [0.1, 0.15) is 17.3 Å². The fourth-order valence-corrected chi connectivity index (χ4v) is 2.96. The maximum absolute atomic E-state index is 12.0. The fraction of sp³-hybridized carbons (Fsp3) is 0.389. The molecule has 1 aliphatic carbocycles. The van der Waals surface area contributed by atoms with Crippen molar-refractivity contribution in [1.29, 1.82) is 0 Å². The number of benzene rings is 1. The molecule has 1 unspecified atom stereocenters. The van der Waals surface area contributed by atoms with Gasteiger partial charge in [0.25, 0.3) is 0 Å². The largest absolute Gasteiger partial charge is 0.512 e. The predicted molar refractivity (Wildman–Crippen MR) is 83.0 cm³/mol. The van der Waals surface area contributed by atoms with Crippen molar-refractivity contribution < 1.29 is 19.7 Å². The standard InChI is InChI=1S/C18H20O4/c1-2-3-15(20)11-5-7-17-12(8-11)4-6-14-16(21)9-13(19)10-18(14)22-17/h5,7-8,10,13,19,21H,2-4,6,9H2,1H3. The van der Waals surface area contributed by atoms with Crippen LogP contribution in [0.5, 0.6) is 5.75 Å². The number of hydrogen-bond acceptors (Lipinski definition) is 4. The van der Waals surface area contributed by atoms with Crippen molar-refractivity contribution in [2.75, 3.05) is 0 Å². The fourth-order valence-electron chi connectivity index (χ4n) is 2.96. The van der Waals surface area contributed by atoms with Crippen molar-refractivity contribution in [2.45, 2.75) is 45.1 Å². The van der Waals surface area contributed by atoms with Crippen LogP contribution in [-0.2, 0) is 6.42 Å². The Hall–Kier alpha value is -2.07. The maximum atomic E-state index is 12.0. The molecule has 116 valence electrons. The number of carbonyl (C=O) groups excluding carboxylic acids is 1. The molecule has 2 aliphatic rings. The van der Waals surface area contributed by atoms with E-state index in [4.69, 9.17) is 4.74 Å². The summed E-state index contributed by atoms with van der Waals surface area (Å²) in [6.45, 7) is 1.99. The van der Waals surface area contributed by atoms with Gasteiger partial charge in [-0.2, -0.15) is 0 Å². The first-order valence-corrected chi connectivity index (χ1v) is 7.73. The number of allylic oxidation sites excluding steroid dienone is 1. The van der Waals surface area contributed by atoms with Crippen LogP contribution in [0, 0.1) is 0 Å². The summed E-state index contributed by atoms with van der Waals surface area (Å²) in [5.74, 6) is 1.56. The molecule has 0 saturated heterocycles. The molecule has 0 radical (unpaired) electrons. The van der Waals surface area contributed by atoms with Gasteiger partial charge in [0.2, 0.25) is 0 Å². The lowest BCUT2D eigenvalue weighted by Gasteiger charge is -2.19. The topological polar surface area (TPSA) is 66.8 Å². The quantitative estimate of drug-likeness (QED) is 0.839. The molecule has 0 amide bonds. The second-order valence-corrected chi connectivity index (χ2v) is 5.83. The van der Waals surface area contributed by atoms with Crippen molar-refractivity contribution in [3.8, 4) is 5.75 Å². The second-order valence-electron chi connectivity index (χ2n) is 5.83. The lowest BCUT2D eigenvalue weighted by molar-refractivity contribution is 0.0981. The molecule has 0 bridgehead atoms. The van der Waals surface area contributed by atoms with Crippen molar-refractivity contribution in [1.82, 2.24) is 0 Å². The van der Waals surface area contributed by atoms with Gasteiger partial charge in [0.15, 0.2) is 5.78 Å². The number of aliphatic hydroxyl groups is 2. The van der Waals surface area contributed by atoms with E-state index in [0.717, 1.165) is 17.6 Å². The summed E-state index contributed by atoms with van der Waals surface area (Å²) in [4.78, 5) is 12.0. The monoisotopic (exact) mass is 300 g/mol. The summed E-state index contributed by atoms with van der Waals surface area (Å²) in [5, 5.41) is 19.8. The van der Waals surface area contributed by atoms with Crippen LogP contribution in [0.25, 0.3) is 0 Å². The minimum atomic E-state index is -0.717. The van der Waals surface area contributed by atoms with Crippen LogP contribution in [-0.4, -0.2) is 22.1 Å². The first-order chi connectivity index (χ1) is 10.6. The van der Waals surface area contributed by atoms with Gasteiger partial charge in [-0.05, 0) is 49.1 Å². The number of fused-ring (bicyclic) bond motifs is 2. The Morgan fingerprint density at radius 1 is 1.36 bits per heavy atom. The highest BCUT2D eigenvalue weighted by Crippen LogP contribution is 2.36. The van der Waals surface area contributed by atoms with E-state index in [2.05, 4.69) is 0 Å². The van der Waals surface area contributed by atoms with Crippen LogP contribution in [0.2, 0.25) is 0 Å². The van der Waals surface area contributed by atoms with Crippen molar-refractivity contribution in [3.63, 3.8) is 0 Å². The summed E-state index contributed by atoms with van der Waals surface area (Å²) >= 11 is 0. The third-order valence-corrected chi connectivity index (χ3v) is 4.12. The van der Waals surface area contributed by atoms with Crippen LogP contribution < -0.4 is 4.74 Å². The number of carbonyl (C=O) groups is 1. The molecule has 1 aliphatic heterocycles. The van der Waals surface area contributed by atoms with Crippen LogP contribution in [0.3, 0.4) is 0 Å². The third-order valence-electron chi connectivity index (χ3n) is 4.12. The molecular formula is C18H20O4. The molecule has 1 aromatic carbocycles. The van der Waals surface area contributed by atoms with Crippen molar-refractivity contribution in [3.05, 3.63) is 52.5 Å². The number of ether oxygens (including phenoxy) is 1.